The Morgan fingerprint density at radius 1 is 1.42 bits per heavy atom. The van der Waals surface area contributed by atoms with Crippen LogP contribution in [0.4, 0.5) is 10.8 Å². The Hall–Kier alpha value is -1.30. The molecule has 19 heavy (non-hydrogen) atoms. The van der Waals surface area contributed by atoms with Crippen LogP contribution in [0.2, 0.25) is 10.0 Å². The van der Waals surface area contributed by atoms with E-state index in [2.05, 4.69) is 10.3 Å². The monoisotopic (exact) mass is 316 g/mol. The topological polar surface area (TPSA) is 62.2 Å². The second-order valence-electron chi connectivity index (χ2n) is 3.92. The van der Waals surface area contributed by atoms with Crippen molar-refractivity contribution in [2.24, 2.45) is 0 Å². The smallest absolute Gasteiger partial charge is 0.309 e. The summed E-state index contributed by atoms with van der Waals surface area (Å²) in [7, 11) is 0. The van der Waals surface area contributed by atoms with Gasteiger partial charge in [-0.05, 0) is 24.6 Å². The number of benzene rings is 1. The number of carbonyl (C=O) groups is 1. The molecule has 0 saturated carbocycles. The lowest BCUT2D eigenvalue weighted by Crippen LogP contribution is -2.00. The summed E-state index contributed by atoms with van der Waals surface area (Å²) in [5.74, 6) is -0.909. The molecule has 2 rings (SSSR count). The molecule has 1 aromatic heterocycles. The van der Waals surface area contributed by atoms with Crippen molar-refractivity contribution in [1.29, 1.82) is 0 Å². The van der Waals surface area contributed by atoms with E-state index < -0.39 is 5.97 Å². The van der Waals surface area contributed by atoms with Crippen LogP contribution < -0.4 is 5.32 Å². The molecule has 0 atom stereocenters. The van der Waals surface area contributed by atoms with Crippen molar-refractivity contribution in [3.63, 3.8) is 0 Å². The van der Waals surface area contributed by atoms with Crippen molar-refractivity contribution < 1.29 is 9.90 Å². The Morgan fingerprint density at radius 2 is 2.16 bits per heavy atom. The van der Waals surface area contributed by atoms with Crippen molar-refractivity contribution in [1.82, 2.24) is 4.98 Å². The second kappa shape index (κ2) is 5.77. The molecule has 0 fully saturated rings. The summed E-state index contributed by atoms with van der Waals surface area (Å²) in [5.41, 5.74) is 2.05. The largest absolute Gasteiger partial charge is 0.481 e. The molecule has 0 bridgehead atoms. The SMILES string of the molecule is Cc1cc(Cl)c(Nc2nc(CC(=O)O)cs2)cc1Cl. The lowest BCUT2D eigenvalue weighted by Gasteiger charge is -2.07. The Labute approximate surface area is 124 Å². The zero-order valence-corrected chi connectivity index (χ0v) is 12.2. The molecule has 4 nitrogen and oxygen atoms in total. The number of rotatable bonds is 4. The summed E-state index contributed by atoms with van der Waals surface area (Å²) in [6.07, 6.45) is -0.0967. The maximum absolute atomic E-state index is 10.6. The molecule has 0 amide bonds. The summed E-state index contributed by atoms with van der Waals surface area (Å²) in [6, 6.07) is 3.48. The van der Waals surface area contributed by atoms with E-state index in [1.54, 1.807) is 17.5 Å². The molecule has 1 aromatic carbocycles. The van der Waals surface area contributed by atoms with Crippen LogP contribution in [0, 0.1) is 6.92 Å². The van der Waals surface area contributed by atoms with Crippen LogP contribution in [0.5, 0.6) is 0 Å². The van der Waals surface area contributed by atoms with Crippen molar-refractivity contribution >= 4 is 51.3 Å². The van der Waals surface area contributed by atoms with Gasteiger partial charge in [-0.2, -0.15) is 0 Å². The van der Waals surface area contributed by atoms with E-state index in [0.29, 0.717) is 26.6 Å². The van der Waals surface area contributed by atoms with Crippen LogP contribution in [0.25, 0.3) is 0 Å². The van der Waals surface area contributed by atoms with Crippen LogP contribution in [0.1, 0.15) is 11.3 Å². The number of thiazole rings is 1. The molecule has 7 heteroatoms. The average molecular weight is 317 g/mol. The van der Waals surface area contributed by atoms with Crippen molar-refractivity contribution in [2.45, 2.75) is 13.3 Å². The van der Waals surface area contributed by atoms with Crippen molar-refractivity contribution in [2.75, 3.05) is 5.32 Å². The molecule has 100 valence electrons. The van der Waals surface area contributed by atoms with Gasteiger partial charge in [-0.15, -0.1) is 11.3 Å². The van der Waals surface area contributed by atoms with Gasteiger partial charge in [0.05, 0.1) is 22.8 Å². The maximum atomic E-state index is 10.6. The number of carboxylic acid groups (broad SMARTS) is 1. The molecular weight excluding hydrogens is 307 g/mol. The highest BCUT2D eigenvalue weighted by Gasteiger charge is 2.09. The standard InChI is InChI=1S/C12H10Cl2N2O2S/c1-6-2-9(14)10(4-8(6)13)16-12-15-7(5-19-12)3-11(17)18/h2,4-5H,3H2,1H3,(H,15,16)(H,17,18). The molecule has 0 spiro atoms. The molecule has 0 aliphatic rings. The summed E-state index contributed by atoms with van der Waals surface area (Å²) in [6.45, 7) is 1.87. The molecule has 0 radical (unpaired) electrons. The Balaban J connectivity index is 2.19. The quantitative estimate of drug-likeness (QED) is 0.890. The van der Waals surface area contributed by atoms with E-state index >= 15 is 0 Å². The van der Waals surface area contributed by atoms with Gasteiger partial charge in [0.15, 0.2) is 5.13 Å². The Bertz CT molecular complexity index is 628. The fourth-order valence-corrected chi connectivity index (χ4v) is 2.61. The van der Waals surface area contributed by atoms with Crippen LogP contribution in [0.3, 0.4) is 0 Å². The number of aryl methyl sites for hydroxylation is 1. The molecular formula is C12H10Cl2N2O2S. The molecule has 0 aliphatic carbocycles. The normalized spacial score (nSPS) is 10.5. The first-order chi connectivity index (χ1) is 8.95. The van der Waals surface area contributed by atoms with E-state index in [4.69, 9.17) is 28.3 Å². The number of carboxylic acids is 1. The fraction of sp³-hybridized carbons (Fsp3) is 0.167. The number of aromatic nitrogens is 1. The van der Waals surface area contributed by atoms with Crippen LogP contribution in [-0.4, -0.2) is 16.1 Å². The number of hydrogen-bond donors (Lipinski definition) is 2. The highest BCUT2D eigenvalue weighted by Crippen LogP contribution is 2.32. The third-order valence-electron chi connectivity index (χ3n) is 2.37. The molecule has 1 heterocycles. The van der Waals surface area contributed by atoms with Gasteiger partial charge in [0.1, 0.15) is 0 Å². The van der Waals surface area contributed by atoms with Gasteiger partial charge in [0.25, 0.3) is 0 Å². The van der Waals surface area contributed by atoms with Gasteiger partial charge in [0, 0.05) is 10.4 Å². The molecule has 0 unspecified atom stereocenters. The van der Waals surface area contributed by atoms with Crippen LogP contribution >= 0.6 is 34.5 Å². The zero-order valence-electron chi connectivity index (χ0n) is 9.91. The first-order valence-corrected chi connectivity index (χ1v) is 6.98. The maximum Gasteiger partial charge on any atom is 0.309 e. The molecule has 2 N–H and O–H groups in total. The number of anilines is 2. The van der Waals surface area contributed by atoms with Gasteiger partial charge >= 0.3 is 5.97 Å². The van der Waals surface area contributed by atoms with Crippen molar-refractivity contribution in [3.8, 4) is 0 Å². The zero-order chi connectivity index (χ0) is 14.0. The van der Waals surface area contributed by atoms with E-state index in [1.165, 1.54) is 11.3 Å². The summed E-state index contributed by atoms with van der Waals surface area (Å²) >= 11 is 13.5. The summed E-state index contributed by atoms with van der Waals surface area (Å²) < 4.78 is 0. The minimum atomic E-state index is -0.909. The average Bonchev–Trinajstić information content (AvgIpc) is 2.72. The third kappa shape index (κ3) is 3.59. The first-order valence-electron chi connectivity index (χ1n) is 5.34. The fourth-order valence-electron chi connectivity index (χ4n) is 1.46. The van der Waals surface area contributed by atoms with E-state index in [1.807, 2.05) is 6.92 Å². The number of halogens is 2. The van der Waals surface area contributed by atoms with Crippen LogP contribution in [-0.2, 0) is 11.2 Å². The molecule has 0 saturated heterocycles. The van der Waals surface area contributed by atoms with Gasteiger partial charge in [0.2, 0.25) is 0 Å². The second-order valence-corrected chi connectivity index (χ2v) is 5.59. The minimum absolute atomic E-state index is 0.0967. The molecule has 0 aliphatic heterocycles. The third-order valence-corrected chi connectivity index (χ3v) is 3.90. The summed E-state index contributed by atoms with van der Waals surface area (Å²) in [5, 5.41) is 15.1. The Kier molecular flexibility index (Phi) is 4.29. The Morgan fingerprint density at radius 3 is 2.84 bits per heavy atom. The molecule has 2 aromatic rings. The summed E-state index contributed by atoms with van der Waals surface area (Å²) in [4.78, 5) is 14.7. The van der Waals surface area contributed by atoms with E-state index in [9.17, 15) is 4.79 Å². The lowest BCUT2D eigenvalue weighted by atomic mass is 10.2. The van der Waals surface area contributed by atoms with Gasteiger partial charge in [-0.25, -0.2) is 4.98 Å². The first kappa shape index (κ1) is 14.1. The van der Waals surface area contributed by atoms with Gasteiger partial charge in [-0.1, -0.05) is 23.2 Å². The van der Waals surface area contributed by atoms with E-state index in [-0.39, 0.29) is 6.42 Å². The number of hydrogen-bond acceptors (Lipinski definition) is 4. The van der Waals surface area contributed by atoms with Gasteiger partial charge < -0.3 is 10.4 Å². The van der Waals surface area contributed by atoms with E-state index in [0.717, 1.165) is 5.56 Å². The van der Waals surface area contributed by atoms with Crippen molar-refractivity contribution in [3.05, 3.63) is 38.8 Å². The number of aliphatic carboxylic acids is 1. The van der Waals surface area contributed by atoms with Gasteiger partial charge in [-0.3, -0.25) is 4.79 Å². The predicted octanol–water partition coefficient (Wildman–Crippen LogP) is 4.13. The minimum Gasteiger partial charge on any atom is -0.481 e. The van der Waals surface area contributed by atoms with Crippen LogP contribution in [0.15, 0.2) is 17.5 Å². The number of nitrogens with zero attached hydrogens (tertiary/aromatic N) is 1. The lowest BCUT2D eigenvalue weighted by molar-refractivity contribution is -0.136. The predicted molar refractivity (Wildman–Crippen MR) is 77.9 cm³/mol. The highest BCUT2D eigenvalue weighted by atomic mass is 35.5. The number of nitrogens with one attached hydrogen (secondary N) is 1. The highest BCUT2D eigenvalue weighted by molar-refractivity contribution is 7.13.